The van der Waals surface area contributed by atoms with E-state index in [1.807, 2.05) is 0 Å². The van der Waals surface area contributed by atoms with Gasteiger partial charge in [0.25, 0.3) is 0 Å². The number of aromatic nitrogens is 4. The number of piperidine rings is 1. The number of amides is 1. The standard InChI is InChI=1S/C25H27ClN6O6/c26-15-5-1-2-6-16(15)38-25(36)31-10-8-14(9-11-31)4-3-7-18-29-22(27)19-23(30-18)32(13-28-19)24-21(35)20(34)17(12-33)37-24/h1-2,5-6,13-14,17,20-21,24,33-35H,4,8-12H2,(H2,27,29,30)/t17-,20?,21+,24-/m1/s1. The molecule has 13 heteroatoms. The van der Waals surface area contributed by atoms with E-state index in [1.54, 1.807) is 29.2 Å². The highest BCUT2D eigenvalue weighted by molar-refractivity contribution is 6.32. The van der Waals surface area contributed by atoms with Gasteiger partial charge in [-0.2, -0.15) is 0 Å². The topological polar surface area (TPSA) is 169 Å². The normalized spacial score (nSPS) is 23.8. The Labute approximate surface area is 223 Å². The van der Waals surface area contributed by atoms with Crippen LogP contribution in [0.2, 0.25) is 5.02 Å². The van der Waals surface area contributed by atoms with Crippen LogP contribution in [0.5, 0.6) is 5.75 Å². The summed E-state index contributed by atoms with van der Waals surface area (Å²) < 4.78 is 12.4. The molecule has 12 nitrogen and oxygen atoms in total. The number of likely N-dealkylation sites (tertiary alicyclic amines) is 1. The highest BCUT2D eigenvalue weighted by atomic mass is 35.5. The van der Waals surface area contributed by atoms with Gasteiger partial charge in [0.2, 0.25) is 5.82 Å². The summed E-state index contributed by atoms with van der Waals surface area (Å²) in [6.07, 6.45) is -1.40. The Morgan fingerprint density at radius 2 is 1.97 bits per heavy atom. The number of nitrogens with two attached hydrogens (primary N) is 1. The van der Waals surface area contributed by atoms with Crippen LogP contribution >= 0.6 is 11.6 Å². The van der Waals surface area contributed by atoms with E-state index in [0.717, 1.165) is 12.8 Å². The maximum absolute atomic E-state index is 12.5. The van der Waals surface area contributed by atoms with Crippen LogP contribution < -0.4 is 10.5 Å². The average Bonchev–Trinajstić information content (AvgIpc) is 3.46. The molecule has 5 N–H and O–H groups in total. The molecule has 0 bridgehead atoms. The Morgan fingerprint density at radius 1 is 1.21 bits per heavy atom. The minimum atomic E-state index is -1.29. The second-order valence-electron chi connectivity index (χ2n) is 9.22. The molecule has 3 aromatic rings. The van der Waals surface area contributed by atoms with Crippen LogP contribution in [-0.4, -0.2) is 83.8 Å². The molecule has 1 aromatic carbocycles. The number of hydrogen-bond donors (Lipinski definition) is 4. The largest absolute Gasteiger partial charge is 0.415 e. The van der Waals surface area contributed by atoms with Crippen LogP contribution in [0.15, 0.2) is 30.6 Å². The lowest BCUT2D eigenvalue weighted by Crippen LogP contribution is -2.40. The molecule has 2 aliphatic rings. The molecule has 2 aromatic heterocycles. The van der Waals surface area contributed by atoms with E-state index in [9.17, 15) is 20.1 Å². The number of hydrogen-bond acceptors (Lipinski definition) is 10. The van der Waals surface area contributed by atoms with Crippen molar-refractivity contribution < 1.29 is 29.6 Å². The number of aliphatic hydroxyl groups is 3. The van der Waals surface area contributed by atoms with Crippen molar-refractivity contribution in [3.8, 4) is 17.6 Å². The number of anilines is 1. The highest BCUT2D eigenvalue weighted by Crippen LogP contribution is 2.32. The summed E-state index contributed by atoms with van der Waals surface area (Å²) >= 11 is 6.07. The summed E-state index contributed by atoms with van der Waals surface area (Å²) in [7, 11) is 0. The first-order valence-electron chi connectivity index (χ1n) is 12.2. The summed E-state index contributed by atoms with van der Waals surface area (Å²) in [5.74, 6) is 6.97. The van der Waals surface area contributed by atoms with E-state index >= 15 is 0 Å². The third kappa shape index (κ3) is 5.24. The number of rotatable bonds is 4. The number of nitrogens with zero attached hydrogens (tertiary/aromatic N) is 5. The number of fused-ring (bicyclic) bond motifs is 1. The molecule has 4 atom stereocenters. The number of carbonyl (C=O) groups excluding carboxylic acids is 1. The number of ether oxygens (including phenoxy) is 2. The number of aliphatic hydroxyl groups excluding tert-OH is 3. The third-order valence-electron chi connectivity index (χ3n) is 6.74. The predicted octanol–water partition coefficient (Wildman–Crippen LogP) is 1.33. The number of imidazole rings is 1. The number of para-hydroxylation sites is 1. The molecule has 200 valence electrons. The molecule has 2 saturated heterocycles. The van der Waals surface area contributed by atoms with Crippen LogP contribution in [0.25, 0.3) is 11.2 Å². The first-order chi connectivity index (χ1) is 18.4. The Bertz CT molecular complexity index is 1380. The van der Waals surface area contributed by atoms with Crippen molar-refractivity contribution in [2.75, 3.05) is 25.4 Å². The van der Waals surface area contributed by atoms with E-state index < -0.39 is 37.2 Å². The van der Waals surface area contributed by atoms with Gasteiger partial charge in [-0.3, -0.25) is 4.57 Å². The van der Waals surface area contributed by atoms with Gasteiger partial charge in [0, 0.05) is 19.5 Å². The van der Waals surface area contributed by atoms with Crippen LogP contribution in [0.4, 0.5) is 10.6 Å². The average molecular weight is 543 g/mol. The summed E-state index contributed by atoms with van der Waals surface area (Å²) in [6, 6.07) is 6.84. The lowest BCUT2D eigenvalue weighted by Gasteiger charge is -2.30. The zero-order valence-electron chi connectivity index (χ0n) is 20.3. The van der Waals surface area contributed by atoms with E-state index in [2.05, 4.69) is 26.8 Å². The van der Waals surface area contributed by atoms with Crippen molar-refractivity contribution in [3.05, 3.63) is 41.4 Å². The van der Waals surface area contributed by atoms with E-state index in [4.69, 9.17) is 26.8 Å². The zero-order valence-corrected chi connectivity index (χ0v) is 21.0. The van der Waals surface area contributed by atoms with Gasteiger partial charge in [-0.1, -0.05) is 29.7 Å². The van der Waals surface area contributed by atoms with Gasteiger partial charge in [-0.15, -0.1) is 0 Å². The first-order valence-corrected chi connectivity index (χ1v) is 12.6. The number of nitrogen functional groups attached to an aromatic ring is 1. The quantitative estimate of drug-likeness (QED) is 0.353. The first kappa shape index (κ1) is 26.1. The van der Waals surface area contributed by atoms with Crippen LogP contribution in [-0.2, 0) is 4.74 Å². The van der Waals surface area contributed by atoms with E-state index in [1.165, 1.54) is 10.9 Å². The molecule has 0 radical (unpaired) electrons. The summed E-state index contributed by atoms with van der Waals surface area (Å²) in [5.41, 5.74) is 6.67. The summed E-state index contributed by atoms with van der Waals surface area (Å²) in [5, 5.41) is 30.2. The van der Waals surface area contributed by atoms with Gasteiger partial charge in [0.15, 0.2) is 23.4 Å². The van der Waals surface area contributed by atoms with Gasteiger partial charge in [0.1, 0.15) is 23.8 Å². The predicted molar refractivity (Wildman–Crippen MR) is 136 cm³/mol. The fourth-order valence-corrected chi connectivity index (χ4v) is 4.74. The minimum Gasteiger partial charge on any atom is -0.409 e. The molecule has 1 amide bonds. The molecule has 0 spiro atoms. The fourth-order valence-electron chi connectivity index (χ4n) is 4.57. The smallest absolute Gasteiger partial charge is 0.409 e. The second-order valence-corrected chi connectivity index (χ2v) is 9.63. The fraction of sp³-hybridized carbons (Fsp3) is 0.440. The minimum absolute atomic E-state index is 0.120. The second kappa shape index (κ2) is 11.1. The van der Waals surface area contributed by atoms with Crippen molar-refractivity contribution in [3.63, 3.8) is 0 Å². The zero-order chi connectivity index (χ0) is 26.8. The lowest BCUT2D eigenvalue weighted by molar-refractivity contribution is -0.0511. The molecular weight excluding hydrogens is 516 g/mol. The SMILES string of the molecule is Nc1nc(C#CCC2CCN(C(=O)Oc3ccccc3Cl)CC2)nc2c1ncn2[C@@H]1O[C@H](CO)C(O)[C@@H]1O. The van der Waals surface area contributed by atoms with Crippen molar-refractivity contribution in [1.29, 1.82) is 0 Å². The Kier molecular flexibility index (Phi) is 7.64. The van der Waals surface area contributed by atoms with Crippen molar-refractivity contribution in [1.82, 2.24) is 24.4 Å². The Hall–Kier alpha value is -3.47. The van der Waals surface area contributed by atoms with Crippen molar-refractivity contribution in [2.45, 2.75) is 43.8 Å². The summed E-state index contributed by atoms with van der Waals surface area (Å²) in [6.45, 7) is 0.653. The Balaban J connectivity index is 1.21. The molecular formula is C25H27ClN6O6. The van der Waals surface area contributed by atoms with Gasteiger partial charge < -0.3 is 35.4 Å². The van der Waals surface area contributed by atoms with Crippen LogP contribution in [0, 0.1) is 17.8 Å². The third-order valence-corrected chi connectivity index (χ3v) is 7.05. The van der Waals surface area contributed by atoms with Crippen molar-refractivity contribution in [2.24, 2.45) is 5.92 Å². The molecule has 4 heterocycles. The Morgan fingerprint density at radius 3 is 2.68 bits per heavy atom. The van der Waals surface area contributed by atoms with E-state index in [0.29, 0.717) is 41.4 Å². The molecule has 0 saturated carbocycles. The maximum Gasteiger partial charge on any atom is 0.415 e. The summed E-state index contributed by atoms with van der Waals surface area (Å²) in [4.78, 5) is 27.0. The van der Waals surface area contributed by atoms with Gasteiger partial charge in [-0.05, 0) is 36.8 Å². The highest BCUT2D eigenvalue weighted by Gasteiger charge is 2.44. The van der Waals surface area contributed by atoms with Crippen LogP contribution in [0.3, 0.4) is 0 Å². The molecule has 2 fully saturated rings. The molecule has 1 unspecified atom stereocenters. The van der Waals surface area contributed by atoms with Gasteiger partial charge >= 0.3 is 6.09 Å². The number of carbonyl (C=O) groups is 1. The molecule has 5 rings (SSSR count). The number of benzene rings is 1. The van der Waals surface area contributed by atoms with Gasteiger partial charge in [0.05, 0.1) is 18.0 Å². The number of halogens is 1. The van der Waals surface area contributed by atoms with E-state index in [-0.39, 0.29) is 17.6 Å². The lowest BCUT2D eigenvalue weighted by atomic mass is 9.94. The monoisotopic (exact) mass is 542 g/mol. The maximum atomic E-state index is 12.5. The molecule has 2 aliphatic heterocycles. The van der Waals surface area contributed by atoms with Crippen molar-refractivity contribution >= 4 is 34.7 Å². The molecule has 38 heavy (non-hydrogen) atoms. The molecule has 0 aliphatic carbocycles. The van der Waals surface area contributed by atoms with Gasteiger partial charge in [-0.25, -0.2) is 19.7 Å². The van der Waals surface area contributed by atoms with Crippen LogP contribution in [0.1, 0.15) is 31.3 Å².